The molecule has 1 aliphatic rings. The molecule has 0 spiro atoms. The first kappa shape index (κ1) is 15.2. The van der Waals surface area contributed by atoms with Gasteiger partial charge in [0.25, 0.3) is 0 Å². The van der Waals surface area contributed by atoms with Crippen LogP contribution in [0.4, 0.5) is 18.9 Å². The van der Waals surface area contributed by atoms with Crippen molar-refractivity contribution in [3.63, 3.8) is 0 Å². The Morgan fingerprint density at radius 2 is 2.05 bits per heavy atom. The largest absolute Gasteiger partial charge is 0.374 e. The Balaban J connectivity index is 1.96. The number of rotatable bonds is 5. The zero-order chi connectivity index (χ0) is 15.6. The number of carbonyl (C=O) groups is 1. The number of carbonyl (C=O) groups excluding carboxylic acids is 1. The summed E-state index contributed by atoms with van der Waals surface area (Å²) >= 11 is 0. The van der Waals surface area contributed by atoms with Gasteiger partial charge in [0, 0.05) is 0 Å². The van der Waals surface area contributed by atoms with E-state index in [2.05, 4.69) is 16.7 Å². The summed E-state index contributed by atoms with van der Waals surface area (Å²) in [6, 6.07) is 3.83. The third-order valence-electron chi connectivity index (χ3n) is 3.50. The number of amides is 1. The second-order valence-electron chi connectivity index (χ2n) is 5.21. The molecule has 4 nitrogen and oxygen atoms in total. The summed E-state index contributed by atoms with van der Waals surface area (Å²) in [5.74, 6) is -4.68. The molecule has 0 unspecified atom stereocenters. The zero-order valence-electron chi connectivity index (χ0n) is 11.3. The molecular weight excluding hydrogens is 283 g/mol. The topological polar surface area (TPSA) is 64.9 Å². The molecule has 1 amide bonds. The van der Waals surface area contributed by atoms with Crippen LogP contribution in [0, 0.1) is 34.7 Å². The Labute approximate surface area is 119 Å². The Morgan fingerprint density at radius 1 is 1.38 bits per heavy atom. The standard InChI is InChI=1S/C14H14F3N3O/c1-14(7-18,8-2-3-8)20-11(21)6-19-10-5-4-9(15)12(16)13(10)17/h4-5,8,19H,2-3,6H2,1H3,(H,20,21)/t14-/m0/s1. The third-order valence-corrected chi connectivity index (χ3v) is 3.50. The van der Waals surface area contributed by atoms with Crippen molar-refractivity contribution in [1.29, 1.82) is 5.26 Å². The first-order valence-corrected chi connectivity index (χ1v) is 6.47. The predicted molar refractivity (Wildman–Crippen MR) is 69.7 cm³/mol. The Morgan fingerprint density at radius 3 is 2.62 bits per heavy atom. The van der Waals surface area contributed by atoms with Crippen LogP contribution in [-0.4, -0.2) is 18.0 Å². The van der Waals surface area contributed by atoms with E-state index in [9.17, 15) is 18.0 Å². The number of nitrogens with zero attached hydrogens (tertiary/aromatic N) is 1. The monoisotopic (exact) mass is 297 g/mol. The molecule has 1 atom stereocenters. The number of hydrogen-bond acceptors (Lipinski definition) is 3. The highest BCUT2D eigenvalue weighted by Crippen LogP contribution is 2.39. The van der Waals surface area contributed by atoms with E-state index in [4.69, 9.17) is 5.26 Å². The highest BCUT2D eigenvalue weighted by molar-refractivity contribution is 5.82. The highest BCUT2D eigenvalue weighted by Gasteiger charge is 2.42. The van der Waals surface area contributed by atoms with E-state index >= 15 is 0 Å². The average Bonchev–Trinajstić information content (AvgIpc) is 3.29. The van der Waals surface area contributed by atoms with E-state index in [0.29, 0.717) is 0 Å². The third kappa shape index (κ3) is 3.27. The van der Waals surface area contributed by atoms with Gasteiger partial charge in [0.1, 0.15) is 5.54 Å². The molecule has 2 rings (SSSR count). The Bertz CT molecular complexity index is 610. The SMILES string of the molecule is C[C@@](C#N)(NC(=O)CNc1ccc(F)c(F)c1F)C1CC1. The fourth-order valence-electron chi connectivity index (χ4n) is 2.05. The quantitative estimate of drug-likeness (QED) is 0.820. The average molecular weight is 297 g/mol. The van der Waals surface area contributed by atoms with Gasteiger partial charge in [0.2, 0.25) is 5.91 Å². The molecule has 0 radical (unpaired) electrons. The van der Waals surface area contributed by atoms with Crippen molar-refractivity contribution in [2.24, 2.45) is 5.92 Å². The van der Waals surface area contributed by atoms with Crippen molar-refractivity contribution in [1.82, 2.24) is 5.32 Å². The number of halogens is 3. The first-order chi connectivity index (χ1) is 9.87. The molecule has 2 N–H and O–H groups in total. The zero-order valence-corrected chi connectivity index (χ0v) is 11.3. The maximum absolute atomic E-state index is 13.4. The van der Waals surface area contributed by atoms with Crippen LogP contribution in [0.25, 0.3) is 0 Å². The summed E-state index contributed by atoms with van der Waals surface area (Å²) in [5.41, 5.74) is -1.26. The highest BCUT2D eigenvalue weighted by atomic mass is 19.2. The predicted octanol–water partition coefficient (Wildman–Crippen LogP) is 2.32. The van der Waals surface area contributed by atoms with E-state index < -0.39 is 28.9 Å². The minimum atomic E-state index is -1.60. The fraction of sp³-hybridized carbons (Fsp3) is 0.429. The number of nitrogens with one attached hydrogen (secondary N) is 2. The molecule has 112 valence electrons. The molecule has 0 bridgehead atoms. The molecule has 1 aromatic rings. The summed E-state index contributed by atoms with van der Waals surface area (Å²) in [6.07, 6.45) is 1.74. The van der Waals surface area contributed by atoms with Crippen molar-refractivity contribution in [2.45, 2.75) is 25.3 Å². The Hall–Kier alpha value is -2.23. The van der Waals surface area contributed by atoms with Crippen LogP contribution in [0.2, 0.25) is 0 Å². The molecule has 1 fully saturated rings. The summed E-state index contributed by atoms with van der Waals surface area (Å²) in [4.78, 5) is 11.8. The Kier molecular flexibility index (Phi) is 4.07. The smallest absolute Gasteiger partial charge is 0.240 e. The maximum atomic E-state index is 13.4. The van der Waals surface area contributed by atoms with E-state index in [1.165, 1.54) is 0 Å². The van der Waals surface area contributed by atoms with Crippen molar-refractivity contribution < 1.29 is 18.0 Å². The number of hydrogen-bond donors (Lipinski definition) is 2. The second kappa shape index (κ2) is 5.64. The fourth-order valence-corrected chi connectivity index (χ4v) is 2.05. The van der Waals surface area contributed by atoms with Gasteiger partial charge in [-0.25, -0.2) is 13.2 Å². The van der Waals surface area contributed by atoms with Gasteiger partial charge >= 0.3 is 0 Å². The van der Waals surface area contributed by atoms with Gasteiger partial charge in [-0.1, -0.05) is 0 Å². The molecule has 0 heterocycles. The summed E-state index contributed by atoms with van der Waals surface area (Å²) < 4.78 is 39.2. The lowest BCUT2D eigenvalue weighted by Crippen LogP contribution is -2.48. The molecule has 0 saturated heterocycles. The molecule has 1 aliphatic carbocycles. The molecular formula is C14H14F3N3O. The van der Waals surface area contributed by atoms with Gasteiger partial charge in [-0.3, -0.25) is 4.79 Å². The van der Waals surface area contributed by atoms with Crippen LogP contribution in [0.5, 0.6) is 0 Å². The summed E-state index contributed by atoms with van der Waals surface area (Å²) in [7, 11) is 0. The first-order valence-electron chi connectivity index (χ1n) is 6.47. The minimum absolute atomic E-state index is 0.117. The van der Waals surface area contributed by atoms with E-state index in [-0.39, 0.29) is 18.2 Å². The number of nitriles is 1. The van der Waals surface area contributed by atoms with Gasteiger partial charge in [0.15, 0.2) is 17.5 Å². The molecule has 1 saturated carbocycles. The lowest BCUT2D eigenvalue weighted by atomic mass is 9.98. The molecule has 7 heteroatoms. The van der Waals surface area contributed by atoms with Crippen molar-refractivity contribution in [3.8, 4) is 6.07 Å². The normalized spacial score (nSPS) is 16.7. The van der Waals surface area contributed by atoms with Crippen molar-refractivity contribution >= 4 is 11.6 Å². The minimum Gasteiger partial charge on any atom is -0.374 e. The van der Waals surface area contributed by atoms with Crippen molar-refractivity contribution in [2.75, 3.05) is 11.9 Å². The van der Waals surface area contributed by atoms with Crippen LogP contribution in [0.15, 0.2) is 12.1 Å². The van der Waals surface area contributed by atoms with E-state index in [1.54, 1.807) is 6.92 Å². The van der Waals surface area contributed by atoms with Crippen LogP contribution in [0.1, 0.15) is 19.8 Å². The summed E-state index contributed by atoms with van der Waals surface area (Å²) in [6.45, 7) is 1.28. The second-order valence-corrected chi connectivity index (χ2v) is 5.21. The van der Waals surface area contributed by atoms with Crippen LogP contribution in [-0.2, 0) is 4.79 Å². The van der Waals surface area contributed by atoms with E-state index in [1.807, 2.05) is 0 Å². The molecule has 0 aliphatic heterocycles. The summed E-state index contributed by atoms with van der Waals surface area (Å²) in [5, 5.41) is 14.1. The lowest BCUT2D eigenvalue weighted by molar-refractivity contribution is -0.120. The van der Waals surface area contributed by atoms with Crippen LogP contribution < -0.4 is 10.6 Å². The van der Waals surface area contributed by atoms with Gasteiger partial charge in [0.05, 0.1) is 18.3 Å². The molecule has 1 aromatic carbocycles. The maximum Gasteiger partial charge on any atom is 0.240 e. The van der Waals surface area contributed by atoms with E-state index in [0.717, 1.165) is 25.0 Å². The lowest BCUT2D eigenvalue weighted by Gasteiger charge is -2.23. The molecule has 21 heavy (non-hydrogen) atoms. The van der Waals surface area contributed by atoms with Crippen molar-refractivity contribution in [3.05, 3.63) is 29.6 Å². The number of anilines is 1. The van der Waals surface area contributed by atoms with Gasteiger partial charge < -0.3 is 10.6 Å². The van der Waals surface area contributed by atoms with Crippen LogP contribution in [0.3, 0.4) is 0 Å². The van der Waals surface area contributed by atoms with Gasteiger partial charge in [-0.15, -0.1) is 0 Å². The van der Waals surface area contributed by atoms with Crippen LogP contribution >= 0.6 is 0 Å². The van der Waals surface area contributed by atoms with Gasteiger partial charge in [-0.2, -0.15) is 5.26 Å². The number of benzene rings is 1. The molecule has 0 aromatic heterocycles. The van der Waals surface area contributed by atoms with Gasteiger partial charge in [-0.05, 0) is 37.8 Å².